The average molecular weight is 540 g/mol. The van der Waals surface area contributed by atoms with Crippen LogP contribution >= 0.6 is 11.6 Å². The van der Waals surface area contributed by atoms with Crippen molar-refractivity contribution >= 4 is 17.5 Å². The largest absolute Gasteiger partial charge is 0.390 e. The highest BCUT2D eigenvalue weighted by Crippen LogP contribution is 2.30. The third-order valence-electron chi connectivity index (χ3n) is 5.93. The molecule has 0 aliphatic heterocycles. The highest BCUT2D eigenvalue weighted by atomic mass is 35.5. The number of imidazole rings is 1. The Morgan fingerprint density at radius 2 is 1.89 bits per heavy atom. The van der Waals surface area contributed by atoms with Gasteiger partial charge in [0.1, 0.15) is 12.4 Å². The Morgan fingerprint density at radius 3 is 2.58 bits per heavy atom. The number of rotatable bonds is 12. The number of unbranched alkanes of at least 4 members (excludes halogenated alkanes) is 1. The van der Waals surface area contributed by atoms with E-state index < -0.39 is 17.6 Å². The minimum atomic E-state index is -0.962. The zero-order chi connectivity index (χ0) is 27.1. The number of hydrogen-bond acceptors (Lipinski definition) is 9. The van der Waals surface area contributed by atoms with Crippen molar-refractivity contribution in [2.24, 2.45) is 0 Å². The standard InChI is InChI=1S/C25H26ClN7O5/c1-2-3-8-22-27-24(26)21(16-34)31(22)15-17-9-11-18(12-10-17)19-6-4-5-7-20(19)25-28-30-32(29-25)23(35)13-14-38-33(36)37/h4-7,9-12,34H,2-3,8,13-16H2,1H3. The van der Waals surface area contributed by atoms with Gasteiger partial charge < -0.3 is 14.5 Å². The molecular formula is C25H26ClN7O5. The van der Waals surface area contributed by atoms with E-state index >= 15 is 0 Å². The van der Waals surface area contributed by atoms with E-state index in [9.17, 15) is 20.0 Å². The second-order valence-corrected chi connectivity index (χ2v) is 8.82. The number of hydrogen-bond donors (Lipinski definition) is 1. The topological polar surface area (TPSA) is 151 Å². The smallest absolute Gasteiger partial charge is 0.294 e. The van der Waals surface area contributed by atoms with E-state index in [4.69, 9.17) is 11.6 Å². The van der Waals surface area contributed by atoms with Gasteiger partial charge in [0.15, 0.2) is 5.15 Å². The average Bonchev–Trinajstić information content (AvgIpc) is 3.52. The first kappa shape index (κ1) is 26.9. The van der Waals surface area contributed by atoms with Gasteiger partial charge in [-0.1, -0.05) is 78.3 Å². The molecule has 12 nitrogen and oxygen atoms in total. The molecule has 0 unspecified atom stereocenters. The minimum Gasteiger partial charge on any atom is -0.390 e. The van der Waals surface area contributed by atoms with Crippen LogP contribution in [-0.2, 0) is 24.4 Å². The predicted octanol–water partition coefficient (Wildman–Crippen LogP) is 3.98. The summed E-state index contributed by atoms with van der Waals surface area (Å²) in [7, 11) is 0. The lowest BCUT2D eigenvalue weighted by Crippen LogP contribution is -2.17. The Morgan fingerprint density at radius 1 is 1.16 bits per heavy atom. The van der Waals surface area contributed by atoms with Crippen LogP contribution in [0.3, 0.4) is 0 Å². The van der Waals surface area contributed by atoms with Crippen molar-refractivity contribution in [3.63, 3.8) is 0 Å². The summed E-state index contributed by atoms with van der Waals surface area (Å²) in [6, 6.07) is 15.4. The van der Waals surface area contributed by atoms with Crippen molar-refractivity contribution in [2.45, 2.75) is 45.8 Å². The van der Waals surface area contributed by atoms with E-state index in [1.54, 1.807) is 0 Å². The van der Waals surface area contributed by atoms with Gasteiger partial charge in [0.25, 0.3) is 11.0 Å². The number of halogens is 1. The highest BCUT2D eigenvalue weighted by molar-refractivity contribution is 6.30. The summed E-state index contributed by atoms with van der Waals surface area (Å²) < 4.78 is 1.97. The number of nitrogens with zero attached hydrogens (tertiary/aromatic N) is 7. The lowest BCUT2D eigenvalue weighted by molar-refractivity contribution is -0.757. The van der Waals surface area contributed by atoms with Gasteiger partial charge in [0.05, 0.1) is 18.7 Å². The Kier molecular flexibility index (Phi) is 8.77. The van der Waals surface area contributed by atoms with Gasteiger partial charge in [-0.25, -0.2) is 4.98 Å². The normalized spacial score (nSPS) is 11.0. The van der Waals surface area contributed by atoms with Crippen molar-refractivity contribution < 1.29 is 19.8 Å². The first-order valence-electron chi connectivity index (χ1n) is 12.0. The minimum absolute atomic E-state index is 0.192. The number of tetrazole rings is 1. The fourth-order valence-corrected chi connectivity index (χ4v) is 4.27. The van der Waals surface area contributed by atoms with E-state index in [-0.39, 0.29) is 18.9 Å². The zero-order valence-electron chi connectivity index (χ0n) is 20.7. The number of aliphatic hydroxyl groups excluding tert-OH is 1. The van der Waals surface area contributed by atoms with Crippen molar-refractivity contribution in [1.82, 2.24) is 29.8 Å². The number of aromatic nitrogens is 6. The van der Waals surface area contributed by atoms with Gasteiger partial charge in [-0.05, 0) is 28.3 Å². The number of aliphatic hydroxyl groups is 1. The summed E-state index contributed by atoms with van der Waals surface area (Å²) in [5.74, 6) is 0.519. The maximum Gasteiger partial charge on any atom is 0.294 e. The van der Waals surface area contributed by atoms with Crippen molar-refractivity contribution in [3.05, 3.63) is 80.9 Å². The van der Waals surface area contributed by atoms with Crippen LogP contribution in [0.15, 0.2) is 48.5 Å². The fourth-order valence-electron chi connectivity index (χ4n) is 4.01. The van der Waals surface area contributed by atoms with E-state index in [0.29, 0.717) is 23.0 Å². The van der Waals surface area contributed by atoms with Crippen LogP contribution in [0.25, 0.3) is 22.5 Å². The lowest BCUT2D eigenvalue weighted by Gasteiger charge is -2.12. The van der Waals surface area contributed by atoms with E-state index in [1.165, 1.54) is 0 Å². The maximum atomic E-state index is 12.2. The summed E-state index contributed by atoms with van der Waals surface area (Å²) in [6.07, 6.45) is 2.52. The molecule has 0 aliphatic carbocycles. The highest BCUT2D eigenvalue weighted by Gasteiger charge is 2.17. The molecule has 0 bridgehead atoms. The monoisotopic (exact) mass is 539 g/mol. The van der Waals surface area contributed by atoms with Crippen LogP contribution in [0.5, 0.6) is 0 Å². The first-order valence-corrected chi connectivity index (χ1v) is 12.4. The molecular weight excluding hydrogens is 514 g/mol. The van der Waals surface area contributed by atoms with Gasteiger partial charge >= 0.3 is 0 Å². The van der Waals surface area contributed by atoms with E-state index in [0.717, 1.165) is 46.6 Å². The van der Waals surface area contributed by atoms with E-state index in [1.807, 2.05) is 53.1 Å². The van der Waals surface area contributed by atoms with Crippen LogP contribution in [0.4, 0.5) is 0 Å². The van der Waals surface area contributed by atoms with Crippen molar-refractivity contribution in [3.8, 4) is 22.5 Å². The van der Waals surface area contributed by atoms with Crippen LogP contribution in [0, 0.1) is 10.1 Å². The molecule has 38 heavy (non-hydrogen) atoms. The van der Waals surface area contributed by atoms with Crippen molar-refractivity contribution in [2.75, 3.05) is 6.61 Å². The molecule has 13 heteroatoms. The van der Waals surface area contributed by atoms with Gasteiger partial charge in [-0.3, -0.25) is 4.79 Å². The van der Waals surface area contributed by atoms with E-state index in [2.05, 4.69) is 32.2 Å². The maximum absolute atomic E-state index is 12.2. The predicted molar refractivity (Wildman–Crippen MR) is 138 cm³/mol. The quantitative estimate of drug-likeness (QED) is 0.208. The van der Waals surface area contributed by atoms with Crippen LogP contribution in [0.2, 0.25) is 5.15 Å². The molecule has 2 heterocycles. The summed E-state index contributed by atoms with van der Waals surface area (Å²) in [5, 5.41) is 31.4. The molecule has 2 aromatic carbocycles. The van der Waals surface area contributed by atoms with Crippen LogP contribution in [0.1, 0.15) is 48.1 Å². The Bertz CT molecular complexity index is 1420. The first-order chi connectivity index (χ1) is 18.4. The summed E-state index contributed by atoms with van der Waals surface area (Å²) in [6.45, 7) is 2.05. The second-order valence-electron chi connectivity index (χ2n) is 8.46. The van der Waals surface area contributed by atoms with Crippen molar-refractivity contribution in [1.29, 1.82) is 0 Å². The van der Waals surface area contributed by atoms with Crippen LogP contribution < -0.4 is 0 Å². The molecule has 0 fully saturated rings. The SMILES string of the molecule is CCCCc1nc(Cl)c(CO)n1Cc1ccc(-c2ccccc2-c2nnn(C(=O)CCO[N+](=O)[O-])n2)cc1. The fraction of sp³-hybridized carbons (Fsp3) is 0.320. The summed E-state index contributed by atoms with van der Waals surface area (Å²) >= 11 is 6.27. The molecule has 0 saturated carbocycles. The molecule has 2 aromatic heterocycles. The Labute approximate surface area is 222 Å². The molecule has 198 valence electrons. The molecule has 1 N–H and O–H groups in total. The third kappa shape index (κ3) is 6.21. The molecule has 0 radical (unpaired) electrons. The molecule has 0 amide bonds. The second kappa shape index (κ2) is 12.4. The lowest BCUT2D eigenvalue weighted by atomic mass is 9.98. The molecule has 0 saturated heterocycles. The number of carbonyl (C=O) groups excluding carboxylic acids is 1. The van der Waals surface area contributed by atoms with Gasteiger partial charge in [-0.15, -0.1) is 20.3 Å². The number of benzene rings is 2. The Balaban J connectivity index is 1.54. The third-order valence-corrected chi connectivity index (χ3v) is 6.23. The summed E-state index contributed by atoms with van der Waals surface area (Å²) in [5.41, 5.74) is 4.03. The molecule has 4 rings (SSSR count). The van der Waals surface area contributed by atoms with Crippen LogP contribution in [-0.4, -0.2) is 52.5 Å². The molecule has 0 spiro atoms. The van der Waals surface area contributed by atoms with Gasteiger partial charge in [0.2, 0.25) is 5.82 Å². The number of carbonyl (C=O) groups is 1. The Hall–Kier alpha value is -4.16. The molecule has 0 aliphatic rings. The molecule has 4 aromatic rings. The zero-order valence-corrected chi connectivity index (χ0v) is 21.4. The summed E-state index contributed by atoms with van der Waals surface area (Å²) in [4.78, 5) is 31.9. The van der Waals surface area contributed by atoms with Gasteiger partial charge in [-0.2, -0.15) is 0 Å². The number of aryl methyl sites for hydroxylation is 1. The molecule has 0 atom stereocenters. The van der Waals surface area contributed by atoms with Gasteiger partial charge in [0, 0.05) is 18.5 Å².